The number of benzene rings is 1. The summed E-state index contributed by atoms with van der Waals surface area (Å²) in [6, 6.07) is 7.96. The van der Waals surface area contributed by atoms with E-state index in [1.54, 1.807) is 7.11 Å². The van der Waals surface area contributed by atoms with Gasteiger partial charge in [0.25, 0.3) is 0 Å². The van der Waals surface area contributed by atoms with Crippen LogP contribution in [-0.4, -0.2) is 12.6 Å². The summed E-state index contributed by atoms with van der Waals surface area (Å²) in [6.45, 7) is 6.06. The quantitative estimate of drug-likeness (QED) is 0.637. The second kappa shape index (κ2) is 8.08. The van der Waals surface area contributed by atoms with Gasteiger partial charge in [0.1, 0.15) is 5.75 Å². The third kappa shape index (κ3) is 4.74. The lowest BCUT2D eigenvalue weighted by Gasteiger charge is -1.97. The summed E-state index contributed by atoms with van der Waals surface area (Å²) in [5.74, 6) is 0.917. The zero-order chi connectivity index (χ0) is 8.69. The molecule has 0 aliphatic heterocycles. The molecule has 2 N–H and O–H groups in total. The molecule has 0 saturated heterocycles. The lowest BCUT2D eigenvalue weighted by Crippen LogP contribution is -1.80. The minimum Gasteiger partial charge on any atom is -0.497 e. The van der Waals surface area contributed by atoms with Crippen LogP contribution in [0.15, 0.2) is 24.3 Å². The summed E-state index contributed by atoms with van der Waals surface area (Å²) in [5.41, 5.74) is 1.26. The first kappa shape index (κ1) is 13.6. The molecule has 0 saturated carbocycles. The van der Waals surface area contributed by atoms with Crippen LogP contribution in [0.2, 0.25) is 0 Å². The summed E-state index contributed by atoms with van der Waals surface area (Å²) in [4.78, 5) is 0. The minimum absolute atomic E-state index is 0. The standard InChI is InChI=1S/C8H10O.C2H6.H2O/c1-7-3-5-8(9-2)6-4-7;1-2;/h3-6H,1-2H3;1-2H3;1H2. The second-order valence-corrected chi connectivity index (χ2v) is 2.02. The Kier molecular flexibility index (Phi) is 9.13. The van der Waals surface area contributed by atoms with E-state index in [0.717, 1.165) is 5.75 Å². The number of hydrogen-bond acceptors (Lipinski definition) is 1. The van der Waals surface area contributed by atoms with E-state index in [1.165, 1.54) is 5.56 Å². The van der Waals surface area contributed by atoms with Gasteiger partial charge in [0, 0.05) is 0 Å². The average molecular weight is 170 g/mol. The predicted octanol–water partition coefficient (Wildman–Crippen LogP) is 2.21. The van der Waals surface area contributed by atoms with E-state index < -0.39 is 0 Å². The summed E-state index contributed by atoms with van der Waals surface area (Å²) in [5, 5.41) is 0. The van der Waals surface area contributed by atoms with Crippen molar-refractivity contribution in [1.29, 1.82) is 0 Å². The molecule has 1 rings (SSSR count). The van der Waals surface area contributed by atoms with Crippen molar-refractivity contribution in [3.63, 3.8) is 0 Å². The molecule has 0 bridgehead atoms. The molecule has 2 nitrogen and oxygen atoms in total. The average Bonchev–Trinajstić information content (AvgIpc) is 2.10. The molecule has 0 atom stereocenters. The third-order valence-electron chi connectivity index (χ3n) is 1.26. The van der Waals surface area contributed by atoms with Crippen molar-refractivity contribution >= 4 is 0 Å². The maximum Gasteiger partial charge on any atom is 0.118 e. The Balaban J connectivity index is 0. The van der Waals surface area contributed by atoms with Crippen molar-refractivity contribution in [1.82, 2.24) is 0 Å². The van der Waals surface area contributed by atoms with E-state index in [4.69, 9.17) is 4.74 Å². The summed E-state index contributed by atoms with van der Waals surface area (Å²) in [7, 11) is 1.67. The largest absolute Gasteiger partial charge is 0.497 e. The molecule has 0 heterocycles. The highest BCUT2D eigenvalue weighted by Gasteiger charge is 1.85. The van der Waals surface area contributed by atoms with E-state index in [9.17, 15) is 0 Å². The van der Waals surface area contributed by atoms with Crippen molar-refractivity contribution in [3.05, 3.63) is 29.8 Å². The molecule has 2 heteroatoms. The Morgan fingerprint density at radius 1 is 1.00 bits per heavy atom. The zero-order valence-corrected chi connectivity index (χ0v) is 8.22. The smallest absolute Gasteiger partial charge is 0.118 e. The first-order valence-corrected chi connectivity index (χ1v) is 3.93. The maximum absolute atomic E-state index is 4.97. The fraction of sp³-hybridized carbons (Fsp3) is 0.400. The summed E-state index contributed by atoms with van der Waals surface area (Å²) >= 11 is 0. The molecule has 0 aromatic heterocycles. The highest BCUT2D eigenvalue weighted by molar-refractivity contribution is 5.25. The van der Waals surface area contributed by atoms with Crippen LogP contribution < -0.4 is 4.74 Å². The minimum atomic E-state index is 0. The van der Waals surface area contributed by atoms with Gasteiger partial charge in [0.15, 0.2) is 0 Å². The van der Waals surface area contributed by atoms with Gasteiger partial charge in [-0.15, -0.1) is 0 Å². The normalized spacial score (nSPS) is 7.33. The van der Waals surface area contributed by atoms with Gasteiger partial charge in [-0.1, -0.05) is 31.5 Å². The molecule has 0 radical (unpaired) electrons. The van der Waals surface area contributed by atoms with Gasteiger partial charge in [0.05, 0.1) is 7.11 Å². The van der Waals surface area contributed by atoms with Gasteiger partial charge in [-0.3, -0.25) is 0 Å². The molecule has 1 aromatic carbocycles. The highest BCUT2D eigenvalue weighted by atomic mass is 16.5. The SMILES string of the molecule is CC.COc1ccc(C)cc1.O. The number of ether oxygens (including phenoxy) is 1. The first-order valence-electron chi connectivity index (χ1n) is 3.93. The molecule has 0 unspecified atom stereocenters. The summed E-state index contributed by atoms with van der Waals surface area (Å²) in [6.07, 6.45) is 0. The molecule has 0 amide bonds. The van der Waals surface area contributed by atoms with E-state index in [0.29, 0.717) is 0 Å². The number of rotatable bonds is 1. The van der Waals surface area contributed by atoms with Crippen LogP contribution in [0.5, 0.6) is 5.75 Å². The van der Waals surface area contributed by atoms with Gasteiger partial charge in [-0.2, -0.15) is 0 Å². The Morgan fingerprint density at radius 2 is 1.42 bits per heavy atom. The molecule has 12 heavy (non-hydrogen) atoms. The molecular weight excluding hydrogens is 152 g/mol. The first-order chi connectivity index (χ1) is 5.33. The molecule has 70 valence electrons. The molecular formula is C10H18O2. The van der Waals surface area contributed by atoms with Crippen LogP contribution >= 0.6 is 0 Å². The second-order valence-electron chi connectivity index (χ2n) is 2.02. The highest BCUT2D eigenvalue weighted by Crippen LogP contribution is 2.09. The molecule has 0 aliphatic rings. The van der Waals surface area contributed by atoms with Gasteiger partial charge < -0.3 is 10.2 Å². The van der Waals surface area contributed by atoms with Crippen LogP contribution in [0.1, 0.15) is 19.4 Å². The topological polar surface area (TPSA) is 40.7 Å². The monoisotopic (exact) mass is 170 g/mol. The van der Waals surface area contributed by atoms with Crippen molar-refractivity contribution in [2.24, 2.45) is 0 Å². The molecule has 0 spiro atoms. The lowest BCUT2D eigenvalue weighted by molar-refractivity contribution is 0.414. The lowest BCUT2D eigenvalue weighted by atomic mass is 10.2. The number of methoxy groups -OCH3 is 1. The van der Waals surface area contributed by atoms with E-state index in [1.807, 2.05) is 38.1 Å². The zero-order valence-electron chi connectivity index (χ0n) is 8.22. The predicted molar refractivity (Wildman–Crippen MR) is 52.7 cm³/mol. The van der Waals surface area contributed by atoms with Crippen LogP contribution in [0.25, 0.3) is 0 Å². The van der Waals surface area contributed by atoms with Crippen LogP contribution in [-0.2, 0) is 0 Å². The van der Waals surface area contributed by atoms with E-state index in [-0.39, 0.29) is 5.48 Å². The van der Waals surface area contributed by atoms with Crippen molar-refractivity contribution in [3.8, 4) is 5.75 Å². The van der Waals surface area contributed by atoms with Gasteiger partial charge in [-0.05, 0) is 19.1 Å². The van der Waals surface area contributed by atoms with Crippen molar-refractivity contribution in [2.75, 3.05) is 7.11 Å². The van der Waals surface area contributed by atoms with Crippen LogP contribution in [0, 0.1) is 6.92 Å². The third-order valence-corrected chi connectivity index (χ3v) is 1.26. The van der Waals surface area contributed by atoms with Crippen molar-refractivity contribution < 1.29 is 10.2 Å². The van der Waals surface area contributed by atoms with Crippen LogP contribution in [0.3, 0.4) is 0 Å². The molecule has 0 aliphatic carbocycles. The van der Waals surface area contributed by atoms with Gasteiger partial charge >= 0.3 is 0 Å². The van der Waals surface area contributed by atoms with Gasteiger partial charge in [-0.25, -0.2) is 0 Å². The molecule has 0 fully saturated rings. The van der Waals surface area contributed by atoms with Gasteiger partial charge in [0.2, 0.25) is 0 Å². The Labute approximate surface area is 74.5 Å². The Hall–Kier alpha value is -1.02. The maximum atomic E-state index is 4.97. The number of aryl methyl sites for hydroxylation is 1. The van der Waals surface area contributed by atoms with Crippen molar-refractivity contribution in [2.45, 2.75) is 20.8 Å². The fourth-order valence-electron chi connectivity index (χ4n) is 0.674. The number of hydrogen-bond donors (Lipinski definition) is 0. The Bertz CT molecular complexity index is 180. The fourth-order valence-corrected chi connectivity index (χ4v) is 0.674. The van der Waals surface area contributed by atoms with E-state index in [2.05, 4.69) is 6.92 Å². The molecule has 1 aromatic rings. The van der Waals surface area contributed by atoms with Crippen LogP contribution in [0.4, 0.5) is 0 Å². The Morgan fingerprint density at radius 3 is 1.75 bits per heavy atom. The summed E-state index contributed by atoms with van der Waals surface area (Å²) < 4.78 is 4.97. The van der Waals surface area contributed by atoms with E-state index >= 15 is 0 Å².